The molecule has 2 aliphatic rings. The Labute approximate surface area is 183 Å². The fourth-order valence-electron chi connectivity index (χ4n) is 5.41. The van der Waals surface area contributed by atoms with E-state index in [1.807, 2.05) is 0 Å². The molecule has 1 saturated heterocycles. The Morgan fingerprint density at radius 2 is 1.63 bits per heavy atom. The number of carbonyl (C=O) groups is 2. The fraction of sp³-hybridized carbons (Fsp3) is 0.920. The van der Waals surface area contributed by atoms with Gasteiger partial charge in [-0.1, -0.05) is 58.8 Å². The molecule has 3 atom stereocenters. The van der Waals surface area contributed by atoms with Crippen LogP contribution in [0.2, 0.25) is 0 Å². The summed E-state index contributed by atoms with van der Waals surface area (Å²) in [6, 6.07) is 0. The molecule has 0 bridgehead atoms. The van der Waals surface area contributed by atoms with Crippen molar-refractivity contribution in [2.24, 2.45) is 17.8 Å². The highest BCUT2D eigenvalue weighted by molar-refractivity contribution is 5.83. The number of unbranched alkanes of at least 4 members (excludes halogenated alkanes) is 7. The van der Waals surface area contributed by atoms with Gasteiger partial charge in [-0.3, -0.25) is 9.59 Å². The molecule has 1 saturated carbocycles. The Hall–Kier alpha value is -0.940. The van der Waals surface area contributed by atoms with Crippen LogP contribution in [0, 0.1) is 17.8 Å². The predicted octanol–water partition coefficient (Wildman–Crippen LogP) is 6.14. The summed E-state index contributed by atoms with van der Waals surface area (Å²) in [5.74, 6) is 0.338. The molecule has 0 radical (unpaired) electrons. The average Bonchev–Trinajstić information content (AvgIpc) is 3.27. The highest BCUT2D eigenvalue weighted by Crippen LogP contribution is 2.43. The van der Waals surface area contributed by atoms with Gasteiger partial charge in [0.15, 0.2) is 5.79 Å². The van der Waals surface area contributed by atoms with Crippen LogP contribution in [0.3, 0.4) is 0 Å². The van der Waals surface area contributed by atoms with E-state index < -0.39 is 11.8 Å². The van der Waals surface area contributed by atoms with Crippen molar-refractivity contribution in [1.82, 2.24) is 0 Å². The van der Waals surface area contributed by atoms with Crippen molar-refractivity contribution in [3.63, 3.8) is 0 Å². The van der Waals surface area contributed by atoms with E-state index in [0.29, 0.717) is 37.3 Å². The largest absolute Gasteiger partial charge is 0.481 e. The first-order valence-corrected chi connectivity index (χ1v) is 12.5. The number of rotatable bonds is 16. The van der Waals surface area contributed by atoms with Gasteiger partial charge in [-0.05, 0) is 37.5 Å². The second-order valence-corrected chi connectivity index (χ2v) is 9.58. The van der Waals surface area contributed by atoms with E-state index in [9.17, 15) is 9.59 Å². The molecule has 5 heteroatoms. The van der Waals surface area contributed by atoms with Gasteiger partial charge < -0.3 is 14.6 Å². The van der Waals surface area contributed by atoms with Crippen molar-refractivity contribution in [3.05, 3.63) is 0 Å². The van der Waals surface area contributed by atoms with Crippen LogP contribution in [0.1, 0.15) is 110 Å². The van der Waals surface area contributed by atoms with E-state index in [-0.39, 0.29) is 12.3 Å². The van der Waals surface area contributed by atoms with E-state index >= 15 is 0 Å². The maximum absolute atomic E-state index is 12.6. The number of Topliss-reactive ketones (excluding diaryl/α,β-unsaturated/α-hetero) is 1. The van der Waals surface area contributed by atoms with E-state index in [1.54, 1.807) is 0 Å². The van der Waals surface area contributed by atoms with Gasteiger partial charge in [0.05, 0.1) is 13.2 Å². The lowest BCUT2D eigenvalue weighted by atomic mass is 9.81. The standard InChI is InChI=1S/C25H44O5/c1-3-4-5-8-11-15-25(29-17-18-30-25)16-14-21-20(2)19-23(26)22(21)12-9-6-7-10-13-24(27)28/h20-22H,3-19H2,1-2H3,(H,27,28)/t20?,21-,22?/m0/s1. The summed E-state index contributed by atoms with van der Waals surface area (Å²) in [5.41, 5.74) is 0. The van der Waals surface area contributed by atoms with Gasteiger partial charge in [0.1, 0.15) is 5.78 Å². The zero-order chi connectivity index (χ0) is 21.8. The number of carboxylic acids is 1. The predicted molar refractivity (Wildman–Crippen MR) is 118 cm³/mol. The molecule has 0 spiro atoms. The molecule has 0 amide bonds. The molecule has 2 fully saturated rings. The minimum absolute atomic E-state index is 0.169. The molecule has 1 heterocycles. The van der Waals surface area contributed by atoms with Crippen molar-refractivity contribution in [1.29, 1.82) is 0 Å². The quantitative estimate of drug-likeness (QED) is 0.301. The lowest BCUT2D eigenvalue weighted by Gasteiger charge is -2.31. The van der Waals surface area contributed by atoms with Gasteiger partial charge >= 0.3 is 5.97 Å². The lowest BCUT2D eigenvalue weighted by Crippen LogP contribution is -2.32. The van der Waals surface area contributed by atoms with Gasteiger partial charge in [-0.15, -0.1) is 0 Å². The molecule has 0 aromatic rings. The average molecular weight is 425 g/mol. The Bertz CT molecular complexity index is 512. The summed E-state index contributed by atoms with van der Waals surface area (Å²) in [4.78, 5) is 23.2. The van der Waals surface area contributed by atoms with Crippen LogP contribution in [-0.4, -0.2) is 35.9 Å². The zero-order valence-corrected chi connectivity index (χ0v) is 19.3. The molecule has 30 heavy (non-hydrogen) atoms. The van der Waals surface area contributed by atoms with Crippen molar-refractivity contribution < 1.29 is 24.2 Å². The van der Waals surface area contributed by atoms with Crippen LogP contribution >= 0.6 is 0 Å². The van der Waals surface area contributed by atoms with Crippen LogP contribution < -0.4 is 0 Å². The SMILES string of the molecule is CCCCCCCC1(CC[C@H]2C(C)CC(=O)C2CCCCCCC(=O)O)OCCO1. The van der Waals surface area contributed by atoms with E-state index in [4.69, 9.17) is 14.6 Å². The van der Waals surface area contributed by atoms with Gasteiger partial charge in [0.25, 0.3) is 0 Å². The highest BCUT2D eigenvalue weighted by atomic mass is 16.7. The molecule has 1 aliphatic heterocycles. The number of carbonyl (C=O) groups excluding carboxylic acids is 1. The van der Waals surface area contributed by atoms with Crippen LogP contribution in [0.5, 0.6) is 0 Å². The second kappa shape index (κ2) is 13.5. The molecule has 0 aromatic carbocycles. The van der Waals surface area contributed by atoms with Crippen LogP contribution in [0.15, 0.2) is 0 Å². The molecule has 2 rings (SSSR count). The van der Waals surface area contributed by atoms with Gasteiger partial charge in [-0.2, -0.15) is 0 Å². The topological polar surface area (TPSA) is 72.8 Å². The number of hydrogen-bond acceptors (Lipinski definition) is 4. The molecule has 0 aromatic heterocycles. The van der Waals surface area contributed by atoms with Crippen LogP contribution in [-0.2, 0) is 19.1 Å². The smallest absolute Gasteiger partial charge is 0.303 e. The first kappa shape index (κ1) is 25.3. The van der Waals surface area contributed by atoms with Gasteiger partial charge in [0.2, 0.25) is 0 Å². The summed E-state index contributed by atoms with van der Waals surface area (Å²) in [7, 11) is 0. The molecule has 1 aliphatic carbocycles. The summed E-state index contributed by atoms with van der Waals surface area (Å²) in [6.07, 6.45) is 14.7. The third-order valence-electron chi connectivity index (χ3n) is 7.17. The normalized spacial score (nSPS) is 25.8. The number of ether oxygens (including phenoxy) is 2. The van der Waals surface area contributed by atoms with Gasteiger partial charge in [0, 0.05) is 31.6 Å². The van der Waals surface area contributed by atoms with E-state index in [2.05, 4.69) is 13.8 Å². The molecular formula is C25H44O5. The number of ketones is 1. The van der Waals surface area contributed by atoms with E-state index in [0.717, 1.165) is 57.8 Å². The third-order valence-corrected chi connectivity index (χ3v) is 7.17. The maximum atomic E-state index is 12.6. The van der Waals surface area contributed by atoms with Crippen LogP contribution in [0.25, 0.3) is 0 Å². The molecular weight excluding hydrogens is 380 g/mol. The highest BCUT2D eigenvalue weighted by Gasteiger charge is 2.42. The lowest BCUT2D eigenvalue weighted by molar-refractivity contribution is -0.171. The minimum atomic E-state index is -0.717. The summed E-state index contributed by atoms with van der Waals surface area (Å²) in [5, 5.41) is 8.74. The Morgan fingerprint density at radius 1 is 0.967 bits per heavy atom. The number of aliphatic carboxylic acids is 1. The van der Waals surface area contributed by atoms with Crippen molar-refractivity contribution >= 4 is 11.8 Å². The maximum Gasteiger partial charge on any atom is 0.303 e. The van der Waals surface area contributed by atoms with Crippen LogP contribution in [0.4, 0.5) is 0 Å². The Kier molecular flexibility index (Phi) is 11.4. The monoisotopic (exact) mass is 424 g/mol. The van der Waals surface area contributed by atoms with E-state index in [1.165, 1.54) is 25.7 Å². The first-order chi connectivity index (χ1) is 14.5. The second-order valence-electron chi connectivity index (χ2n) is 9.58. The minimum Gasteiger partial charge on any atom is -0.481 e. The molecule has 2 unspecified atom stereocenters. The Morgan fingerprint density at radius 3 is 2.33 bits per heavy atom. The summed E-state index contributed by atoms with van der Waals surface area (Å²) >= 11 is 0. The zero-order valence-electron chi connectivity index (χ0n) is 19.3. The summed E-state index contributed by atoms with van der Waals surface area (Å²) in [6.45, 7) is 5.84. The molecule has 5 nitrogen and oxygen atoms in total. The third kappa shape index (κ3) is 8.30. The number of carboxylic acid groups (broad SMARTS) is 1. The first-order valence-electron chi connectivity index (χ1n) is 12.5. The molecule has 1 N–H and O–H groups in total. The molecule has 174 valence electrons. The van der Waals surface area contributed by atoms with Gasteiger partial charge in [-0.25, -0.2) is 0 Å². The van der Waals surface area contributed by atoms with Crippen molar-refractivity contribution in [2.75, 3.05) is 13.2 Å². The number of hydrogen-bond donors (Lipinski definition) is 1. The van der Waals surface area contributed by atoms with Crippen molar-refractivity contribution in [3.8, 4) is 0 Å². The fourth-order valence-corrected chi connectivity index (χ4v) is 5.41. The Balaban J connectivity index is 1.78. The van der Waals surface area contributed by atoms with Crippen molar-refractivity contribution in [2.45, 2.75) is 116 Å². The summed E-state index contributed by atoms with van der Waals surface area (Å²) < 4.78 is 12.2.